The minimum absolute atomic E-state index is 0.292. The van der Waals surface area contributed by atoms with Crippen molar-refractivity contribution in [3.05, 3.63) is 0 Å². The molecule has 4 heteroatoms. The van der Waals surface area contributed by atoms with Crippen LogP contribution in [0.15, 0.2) is 0 Å². The SMILES string of the molecule is CC1CN(CC(C)S(C)=O)CCCN1. The molecular weight excluding hydrogens is 196 g/mol. The lowest BCUT2D eigenvalue weighted by atomic mass is 10.3. The zero-order valence-corrected chi connectivity index (χ0v) is 10.3. The van der Waals surface area contributed by atoms with Crippen LogP contribution in [0.5, 0.6) is 0 Å². The van der Waals surface area contributed by atoms with Crippen LogP contribution in [0.2, 0.25) is 0 Å². The van der Waals surface area contributed by atoms with Gasteiger partial charge in [0.15, 0.2) is 0 Å². The summed E-state index contributed by atoms with van der Waals surface area (Å²) in [4.78, 5) is 2.43. The first-order chi connectivity index (χ1) is 6.59. The van der Waals surface area contributed by atoms with E-state index in [1.807, 2.05) is 0 Å². The average molecular weight is 218 g/mol. The molecule has 1 N–H and O–H groups in total. The number of rotatable bonds is 3. The molecule has 3 atom stereocenters. The van der Waals surface area contributed by atoms with Gasteiger partial charge in [0, 0.05) is 41.4 Å². The molecule has 0 aromatic rings. The molecule has 1 heterocycles. The summed E-state index contributed by atoms with van der Waals surface area (Å²) in [6.07, 6.45) is 3.00. The van der Waals surface area contributed by atoms with Crippen LogP contribution < -0.4 is 5.32 Å². The molecule has 0 aromatic heterocycles. The van der Waals surface area contributed by atoms with Gasteiger partial charge in [0.25, 0.3) is 0 Å². The van der Waals surface area contributed by atoms with Crippen molar-refractivity contribution in [2.75, 3.05) is 32.4 Å². The summed E-state index contributed by atoms with van der Waals surface area (Å²) in [5, 5.41) is 3.75. The zero-order chi connectivity index (χ0) is 10.6. The van der Waals surface area contributed by atoms with E-state index in [2.05, 4.69) is 24.1 Å². The molecule has 1 aliphatic rings. The van der Waals surface area contributed by atoms with Gasteiger partial charge in [-0.25, -0.2) is 0 Å². The van der Waals surface area contributed by atoms with Crippen LogP contribution in [0.3, 0.4) is 0 Å². The standard InChI is InChI=1S/C10H22N2OS/c1-9-7-12(6-4-5-11-9)8-10(2)14(3)13/h9-11H,4-8H2,1-3H3. The molecule has 1 aliphatic heterocycles. The first-order valence-corrected chi connectivity index (χ1v) is 6.99. The van der Waals surface area contributed by atoms with E-state index in [-0.39, 0.29) is 0 Å². The smallest absolute Gasteiger partial charge is 0.0444 e. The Morgan fingerprint density at radius 1 is 1.64 bits per heavy atom. The third-order valence-electron chi connectivity index (χ3n) is 2.76. The topological polar surface area (TPSA) is 32.3 Å². The van der Waals surface area contributed by atoms with Crippen molar-refractivity contribution in [1.29, 1.82) is 0 Å². The third-order valence-corrected chi connectivity index (χ3v) is 4.04. The van der Waals surface area contributed by atoms with E-state index >= 15 is 0 Å². The van der Waals surface area contributed by atoms with Gasteiger partial charge >= 0.3 is 0 Å². The zero-order valence-electron chi connectivity index (χ0n) is 9.45. The summed E-state index contributed by atoms with van der Waals surface area (Å²) in [6.45, 7) is 8.59. The lowest BCUT2D eigenvalue weighted by Gasteiger charge is -2.24. The Morgan fingerprint density at radius 3 is 3.00 bits per heavy atom. The maximum absolute atomic E-state index is 11.3. The first kappa shape index (κ1) is 12.1. The van der Waals surface area contributed by atoms with Gasteiger partial charge in [-0.1, -0.05) is 0 Å². The second-order valence-electron chi connectivity index (χ2n) is 4.28. The Hall–Kier alpha value is 0.0700. The van der Waals surface area contributed by atoms with Gasteiger partial charge in [0.05, 0.1) is 0 Å². The molecule has 0 bridgehead atoms. The van der Waals surface area contributed by atoms with Gasteiger partial charge in [0.1, 0.15) is 0 Å². The highest BCUT2D eigenvalue weighted by molar-refractivity contribution is 7.84. The van der Waals surface area contributed by atoms with Crippen molar-refractivity contribution >= 4 is 10.8 Å². The number of hydrogen-bond acceptors (Lipinski definition) is 3. The molecule has 84 valence electrons. The highest BCUT2D eigenvalue weighted by Gasteiger charge is 2.17. The van der Waals surface area contributed by atoms with Crippen molar-refractivity contribution in [2.45, 2.75) is 31.6 Å². The highest BCUT2D eigenvalue weighted by Crippen LogP contribution is 2.03. The van der Waals surface area contributed by atoms with E-state index in [4.69, 9.17) is 0 Å². The minimum Gasteiger partial charge on any atom is -0.313 e. The van der Waals surface area contributed by atoms with Gasteiger partial charge < -0.3 is 10.2 Å². The van der Waals surface area contributed by atoms with E-state index in [0.717, 1.165) is 26.2 Å². The van der Waals surface area contributed by atoms with Crippen molar-refractivity contribution in [1.82, 2.24) is 10.2 Å². The van der Waals surface area contributed by atoms with E-state index in [1.165, 1.54) is 6.42 Å². The molecule has 0 aromatic carbocycles. The minimum atomic E-state index is -0.691. The fourth-order valence-corrected chi connectivity index (χ4v) is 2.25. The molecule has 14 heavy (non-hydrogen) atoms. The molecule has 1 rings (SSSR count). The van der Waals surface area contributed by atoms with Gasteiger partial charge in [-0.05, 0) is 33.4 Å². The van der Waals surface area contributed by atoms with Crippen LogP contribution in [0.4, 0.5) is 0 Å². The van der Waals surface area contributed by atoms with E-state index in [1.54, 1.807) is 6.26 Å². The molecule has 0 amide bonds. The van der Waals surface area contributed by atoms with Crippen LogP contribution in [0.25, 0.3) is 0 Å². The molecule has 0 radical (unpaired) electrons. The lowest BCUT2D eigenvalue weighted by molar-refractivity contribution is 0.275. The molecule has 1 fully saturated rings. The molecule has 0 saturated carbocycles. The maximum atomic E-state index is 11.3. The second-order valence-corrected chi connectivity index (χ2v) is 6.08. The summed E-state index contributed by atoms with van der Waals surface area (Å²) in [5.74, 6) is 0. The predicted octanol–water partition coefficient (Wildman–Crippen LogP) is 0.437. The number of nitrogens with zero attached hydrogens (tertiary/aromatic N) is 1. The summed E-state index contributed by atoms with van der Waals surface area (Å²) in [7, 11) is -0.691. The third kappa shape index (κ3) is 4.07. The quantitative estimate of drug-likeness (QED) is 0.746. The molecule has 1 saturated heterocycles. The molecule has 0 spiro atoms. The van der Waals surface area contributed by atoms with Gasteiger partial charge in [-0.2, -0.15) is 0 Å². The Bertz CT molecular complexity index is 199. The largest absolute Gasteiger partial charge is 0.313 e. The normalized spacial score (nSPS) is 29.5. The Morgan fingerprint density at radius 2 is 2.36 bits per heavy atom. The first-order valence-electron chi connectivity index (χ1n) is 5.37. The van der Waals surface area contributed by atoms with Crippen LogP contribution in [-0.2, 0) is 10.8 Å². The van der Waals surface area contributed by atoms with Gasteiger partial charge in [0.2, 0.25) is 0 Å². The van der Waals surface area contributed by atoms with Crippen molar-refractivity contribution in [3.8, 4) is 0 Å². The van der Waals surface area contributed by atoms with Crippen LogP contribution >= 0.6 is 0 Å². The summed E-state index contributed by atoms with van der Waals surface area (Å²) in [5.41, 5.74) is 0. The van der Waals surface area contributed by atoms with Gasteiger partial charge in [-0.3, -0.25) is 4.21 Å². The molecule has 3 unspecified atom stereocenters. The average Bonchev–Trinajstić information content (AvgIpc) is 2.29. The van der Waals surface area contributed by atoms with Crippen molar-refractivity contribution < 1.29 is 4.21 Å². The van der Waals surface area contributed by atoms with E-state index < -0.39 is 10.8 Å². The molecule has 0 aliphatic carbocycles. The number of hydrogen-bond donors (Lipinski definition) is 1. The van der Waals surface area contributed by atoms with Crippen LogP contribution in [-0.4, -0.2) is 52.8 Å². The van der Waals surface area contributed by atoms with Crippen molar-refractivity contribution in [3.63, 3.8) is 0 Å². The Labute approximate surface area is 89.7 Å². The monoisotopic (exact) mass is 218 g/mol. The van der Waals surface area contributed by atoms with E-state index in [0.29, 0.717) is 11.3 Å². The fourth-order valence-electron chi connectivity index (χ4n) is 1.83. The molecular formula is C10H22N2OS. The number of nitrogens with one attached hydrogen (secondary N) is 1. The molecule has 3 nitrogen and oxygen atoms in total. The highest BCUT2D eigenvalue weighted by atomic mass is 32.2. The summed E-state index contributed by atoms with van der Waals surface area (Å²) in [6, 6.07) is 0.565. The Kier molecular flexibility index (Phi) is 5.06. The predicted molar refractivity (Wildman–Crippen MR) is 62.1 cm³/mol. The summed E-state index contributed by atoms with van der Waals surface area (Å²) >= 11 is 0. The van der Waals surface area contributed by atoms with Crippen LogP contribution in [0.1, 0.15) is 20.3 Å². The lowest BCUT2D eigenvalue weighted by Crippen LogP contribution is -2.39. The second kappa shape index (κ2) is 5.83. The fraction of sp³-hybridized carbons (Fsp3) is 1.00. The summed E-state index contributed by atoms with van der Waals surface area (Å²) < 4.78 is 11.3. The van der Waals surface area contributed by atoms with Gasteiger partial charge in [-0.15, -0.1) is 0 Å². The Balaban J connectivity index is 2.38. The van der Waals surface area contributed by atoms with Crippen molar-refractivity contribution in [2.24, 2.45) is 0 Å². The maximum Gasteiger partial charge on any atom is 0.0444 e. The van der Waals surface area contributed by atoms with Crippen LogP contribution in [0, 0.1) is 0 Å². The van der Waals surface area contributed by atoms with E-state index in [9.17, 15) is 4.21 Å².